The fraction of sp³-hybridized carbons (Fsp3) is 0.333. The van der Waals surface area contributed by atoms with E-state index in [-0.39, 0.29) is 0 Å². The molecular formula is C9H13N3. The molecule has 1 aromatic heterocycles. The lowest BCUT2D eigenvalue weighted by molar-refractivity contribution is 0.761. The van der Waals surface area contributed by atoms with Gasteiger partial charge in [0.2, 0.25) is 0 Å². The highest BCUT2D eigenvalue weighted by Gasteiger charge is 1.98. The van der Waals surface area contributed by atoms with E-state index in [2.05, 4.69) is 16.7 Å². The number of rotatable bonds is 2. The molecule has 0 aliphatic heterocycles. The highest BCUT2D eigenvalue weighted by atomic mass is 15.3. The molecule has 0 aliphatic rings. The van der Waals surface area contributed by atoms with E-state index in [1.54, 1.807) is 10.8 Å². The average Bonchev–Trinajstić information content (AvgIpc) is 2.29. The van der Waals surface area contributed by atoms with Gasteiger partial charge < -0.3 is 0 Å². The third-order valence-corrected chi connectivity index (χ3v) is 1.45. The molecule has 0 radical (unpaired) electrons. The molecule has 0 spiro atoms. The molecule has 0 bridgehead atoms. The predicted octanol–water partition coefficient (Wildman–Crippen LogP) is 2.18. The second-order valence-electron chi connectivity index (χ2n) is 2.81. The van der Waals surface area contributed by atoms with E-state index < -0.39 is 0 Å². The minimum absolute atomic E-state index is 0.743. The molecule has 0 amide bonds. The van der Waals surface area contributed by atoms with Gasteiger partial charge in [0, 0.05) is 18.8 Å². The second kappa shape index (κ2) is 3.34. The Morgan fingerprint density at radius 3 is 2.75 bits per heavy atom. The normalized spacial score (nSPS) is 9.58. The highest BCUT2D eigenvalue weighted by Crippen LogP contribution is 2.12. The Morgan fingerprint density at radius 2 is 2.33 bits per heavy atom. The summed E-state index contributed by atoms with van der Waals surface area (Å²) in [5, 5.41) is 4.18. The smallest absolute Gasteiger partial charge is 0.174 e. The zero-order chi connectivity index (χ0) is 9.14. The molecule has 0 atom stereocenters. The van der Waals surface area contributed by atoms with Gasteiger partial charge in [0.15, 0.2) is 5.82 Å². The summed E-state index contributed by atoms with van der Waals surface area (Å²) >= 11 is 0. The summed E-state index contributed by atoms with van der Waals surface area (Å²) in [5.74, 6) is 0.743. The summed E-state index contributed by atoms with van der Waals surface area (Å²) in [7, 11) is 1.88. The first kappa shape index (κ1) is 8.71. The molecule has 1 aromatic rings. The molecule has 12 heavy (non-hydrogen) atoms. The van der Waals surface area contributed by atoms with Gasteiger partial charge in [0.05, 0.1) is 5.69 Å². The van der Waals surface area contributed by atoms with Crippen molar-refractivity contribution in [3.05, 3.63) is 18.3 Å². The molecule has 0 saturated carbocycles. The molecule has 3 heteroatoms. The topological polar surface area (TPSA) is 30.2 Å². The van der Waals surface area contributed by atoms with Crippen LogP contribution in [0.2, 0.25) is 0 Å². The molecule has 0 aliphatic carbocycles. The quantitative estimate of drug-likeness (QED) is 0.614. The summed E-state index contributed by atoms with van der Waals surface area (Å²) in [6.07, 6.45) is 1.76. The third-order valence-electron chi connectivity index (χ3n) is 1.45. The van der Waals surface area contributed by atoms with Gasteiger partial charge in [0.25, 0.3) is 0 Å². The number of nitrogens with zero attached hydrogens (tertiary/aromatic N) is 3. The van der Waals surface area contributed by atoms with Crippen LogP contribution >= 0.6 is 0 Å². The van der Waals surface area contributed by atoms with E-state index in [1.165, 1.54) is 0 Å². The summed E-state index contributed by atoms with van der Waals surface area (Å²) in [6, 6.07) is 1.90. The van der Waals surface area contributed by atoms with Gasteiger partial charge in [0.1, 0.15) is 0 Å². The predicted molar refractivity (Wildman–Crippen MR) is 51.7 cm³/mol. The highest BCUT2D eigenvalue weighted by molar-refractivity contribution is 5.81. The van der Waals surface area contributed by atoms with Crippen molar-refractivity contribution in [2.24, 2.45) is 12.0 Å². The Morgan fingerprint density at radius 1 is 1.67 bits per heavy atom. The fourth-order valence-electron chi connectivity index (χ4n) is 0.941. The van der Waals surface area contributed by atoms with Crippen LogP contribution in [-0.4, -0.2) is 15.5 Å². The standard InChI is InChI=1S/C9H13N3/c1-5-8-6-9(10-7(2)3)11-12(8)4/h5-6H,1H2,2-4H3. The minimum atomic E-state index is 0.743. The van der Waals surface area contributed by atoms with E-state index >= 15 is 0 Å². The van der Waals surface area contributed by atoms with Gasteiger partial charge in [-0.15, -0.1) is 0 Å². The maximum Gasteiger partial charge on any atom is 0.174 e. The molecule has 0 aromatic carbocycles. The van der Waals surface area contributed by atoms with E-state index in [4.69, 9.17) is 0 Å². The number of hydrogen-bond donors (Lipinski definition) is 0. The Balaban J connectivity index is 3.05. The van der Waals surface area contributed by atoms with Crippen LogP contribution in [0.4, 0.5) is 5.82 Å². The molecule has 1 heterocycles. The number of aliphatic imine (C=N–C) groups is 1. The monoisotopic (exact) mass is 163 g/mol. The van der Waals surface area contributed by atoms with Gasteiger partial charge in [-0.1, -0.05) is 6.58 Å². The first-order valence-corrected chi connectivity index (χ1v) is 3.82. The van der Waals surface area contributed by atoms with Crippen LogP contribution in [0.3, 0.4) is 0 Å². The van der Waals surface area contributed by atoms with Crippen LogP contribution in [0, 0.1) is 0 Å². The van der Waals surface area contributed by atoms with E-state index in [1.807, 2.05) is 27.0 Å². The lowest BCUT2D eigenvalue weighted by Gasteiger charge is -1.89. The van der Waals surface area contributed by atoms with E-state index in [9.17, 15) is 0 Å². The van der Waals surface area contributed by atoms with E-state index in [0.29, 0.717) is 0 Å². The maximum atomic E-state index is 4.23. The van der Waals surface area contributed by atoms with Gasteiger partial charge in [-0.2, -0.15) is 5.10 Å². The van der Waals surface area contributed by atoms with Crippen LogP contribution in [0.25, 0.3) is 6.08 Å². The second-order valence-corrected chi connectivity index (χ2v) is 2.81. The maximum absolute atomic E-state index is 4.23. The van der Waals surface area contributed by atoms with Gasteiger partial charge in [-0.3, -0.25) is 4.68 Å². The van der Waals surface area contributed by atoms with Crippen molar-refractivity contribution in [2.75, 3.05) is 0 Å². The Bertz CT molecular complexity index is 317. The fourth-order valence-corrected chi connectivity index (χ4v) is 0.941. The van der Waals surface area contributed by atoms with Gasteiger partial charge in [-0.05, 0) is 19.9 Å². The number of aryl methyl sites for hydroxylation is 1. The zero-order valence-electron chi connectivity index (χ0n) is 7.70. The Hall–Kier alpha value is -1.38. The average molecular weight is 163 g/mol. The van der Waals surface area contributed by atoms with Crippen LogP contribution in [-0.2, 0) is 7.05 Å². The van der Waals surface area contributed by atoms with Crippen molar-refractivity contribution in [1.82, 2.24) is 9.78 Å². The molecule has 0 N–H and O–H groups in total. The Labute approximate surface area is 72.4 Å². The molecule has 1 rings (SSSR count). The summed E-state index contributed by atoms with van der Waals surface area (Å²) in [4.78, 5) is 4.23. The largest absolute Gasteiger partial charge is 0.266 e. The Kier molecular flexibility index (Phi) is 2.43. The summed E-state index contributed by atoms with van der Waals surface area (Å²) in [5.41, 5.74) is 1.98. The van der Waals surface area contributed by atoms with Crippen LogP contribution in [0.15, 0.2) is 17.6 Å². The SMILES string of the molecule is C=Cc1cc(N=C(C)C)nn1C. The van der Waals surface area contributed by atoms with Crippen LogP contribution in [0.5, 0.6) is 0 Å². The van der Waals surface area contributed by atoms with Gasteiger partial charge in [-0.25, -0.2) is 4.99 Å². The summed E-state index contributed by atoms with van der Waals surface area (Å²) in [6.45, 7) is 7.57. The molecule has 64 valence electrons. The zero-order valence-corrected chi connectivity index (χ0v) is 7.70. The number of hydrogen-bond acceptors (Lipinski definition) is 2. The lowest BCUT2D eigenvalue weighted by atomic mass is 10.4. The van der Waals surface area contributed by atoms with Gasteiger partial charge >= 0.3 is 0 Å². The van der Waals surface area contributed by atoms with Crippen molar-refractivity contribution in [2.45, 2.75) is 13.8 Å². The molecule has 3 nitrogen and oxygen atoms in total. The molecule has 0 saturated heterocycles. The third kappa shape index (κ3) is 1.81. The molecule has 0 fully saturated rings. The van der Waals surface area contributed by atoms with Crippen molar-refractivity contribution in [3.8, 4) is 0 Å². The molecule has 0 unspecified atom stereocenters. The van der Waals surface area contributed by atoms with Crippen LogP contribution < -0.4 is 0 Å². The van der Waals surface area contributed by atoms with Crippen molar-refractivity contribution in [3.63, 3.8) is 0 Å². The number of aromatic nitrogens is 2. The van der Waals surface area contributed by atoms with E-state index in [0.717, 1.165) is 17.2 Å². The van der Waals surface area contributed by atoms with Crippen molar-refractivity contribution < 1.29 is 0 Å². The van der Waals surface area contributed by atoms with Crippen LogP contribution in [0.1, 0.15) is 19.5 Å². The molecular weight excluding hydrogens is 150 g/mol. The summed E-state index contributed by atoms with van der Waals surface area (Å²) < 4.78 is 1.76. The minimum Gasteiger partial charge on any atom is -0.266 e. The lowest BCUT2D eigenvalue weighted by Crippen LogP contribution is -1.91. The first-order chi connectivity index (χ1) is 5.63. The van der Waals surface area contributed by atoms with Crippen molar-refractivity contribution >= 4 is 17.6 Å². The van der Waals surface area contributed by atoms with Crippen molar-refractivity contribution in [1.29, 1.82) is 0 Å². The first-order valence-electron chi connectivity index (χ1n) is 3.82.